The summed E-state index contributed by atoms with van der Waals surface area (Å²) in [6.45, 7) is 27.6. The Morgan fingerprint density at radius 2 is 0.750 bits per heavy atom. The number of hydrogen-bond acceptors (Lipinski definition) is 5. The summed E-state index contributed by atoms with van der Waals surface area (Å²) in [6, 6.07) is 86.8. The lowest BCUT2D eigenvalue weighted by molar-refractivity contribution is 0.589. The van der Waals surface area contributed by atoms with Gasteiger partial charge >= 0.3 is 0 Å². The first-order valence-corrected chi connectivity index (χ1v) is 32.0. The number of rotatable bonds is 8. The first-order valence-electron chi connectivity index (χ1n) is 31.1. The maximum Gasteiger partial charge on any atom is 0.145 e. The third-order valence-electron chi connectivity index (χ3n) is 18.8. The third kappa shape index (κ3) is 8.74. The van der Waals surface area contributed by atoms with Crippen molar-refractivity contribution in [1.82, 2.24) is 0 Å². The quantitative estimate of drug-likeness (QED) is 0.152. The second-order valence-corrected chi connectivity index (χ2v) is 29.6. The molecule has 1 unspecified atom stereocenters. The molecule has 15 rings (SSSR count). The Balaban J connectivity index is 1.17. The number of thiophene rings is 1. The molecular weight excluding hydrogens is 1090 g/mol. The van der Waals surface area contributed by atoms with Crippen LogP contribution in [0.2, 0.25) is 0 Å². The maximum absolute atomic E-state index is 7.70. The van der Waals surface area contributed by atoms with Gasteiger partial charge in [0.2, 0.25) is 0 Å². The minimum Gasteiger partial charge on any atom is -0.456 e. The van der Waals surface area contributed by atoms with Gasteiger partial charge in [0, 0.05) is 70.2 Å². The first-order chi connectivity index (χ1) is 42.2. The van der Waals surface area contributed by atoms with Crippen molar-refractivity contribution < 1.29 is 8.83 Å². The van der Waals surface area contributed by atoms with Crippen molar-refractivity contribution in [2.24, 2.45) is 0 Å². The Morgan fingerprint density at radius 3 is 1.31 bits per heavy atom. The second-order valence-electron chi connectivity index (χ2n) is 28.5. The van der Waals surface area contributed by atoms with Crippen molar-refractivity contribution in [3.05, 3.63) is 275 Å². The molecule has 0 amide bonds. The predicted octanol–water partition coefficient (Wildman–Crippen LogP) is 24.3. The van der Waals surface area contributed by atoms with Crippen molar-refractivity contribution in [3.8, 4) is 11.1 Å². The third-order valence-corrected chi connectivity index (χ3v) is 20.0. The number of hydrogen-bond donors (Lipinski definition) is 0. The molecule has 11 aromatic carbocycles. The highest BCUT2D eigenvalue weighted by Gasteiger charge is 2.51. The number of furan rings is 2. The van der Waals surface area contributed by atoms with E-state index < -0.39 is 5.41 Å². The molecule has 0 saturated heterocycles. The molecule has 4 nitrogen and oxygen atoms in total. The van der Waals surface area contributed by atoms with Gasteiger partial charge in [-0.05, 0) is 163 Å². The average molecular weight is 1160 g/mol. The van der Waals surface area contributed by atoms with Gasteiger partial charge < -0.3 is 18.6 Å². The van der Waals surface area contributed by atoms with Gasteiger partial charge in [0.05, 0.1) is 22.2 Å². The van der Waals surface area contributed by atoms with E-state index in [0.717, 1.165) is 100 Å². The lowest BCUT2D eigenvalue weighted by Gasteiger charge is -2.36. The SMILES string of the molecule is CC(C)(C)c1ccc(N(c2ccccc2)c2cc3c(c4oc5ccccc5c24)-c2c(cc(N(c4ccccc4)c4ccc(C(C)(C)C)cc4)c4c2sc2ccccc24)C3(c2ccc(C(C)(C)C)cc2)c2ccc3oc4ccc(C(C)(C)C)cc4c3c2)cc1. The molecular formula is C83H74N2O2S. The summed E-state index contributed by atoms with van der Waals surface area (Å²) in [5.74, 6) is 0. The van der Waals surface area contributed by atoms with E-state index in [-0.39, 0.29) is 21.7 Å². The summed E-state index contributed by atoms with van der Waals surface area (Å²) in [7, 11) is 0. The molecule has 0 aliphatic heterocycles. The van der Waals surface area contributed by atoms with Gasteiger partial charge in [0.1, 0.15) is 22.3 Å². The normalized spacial score (nSPS) is 14.6. The van der Waals surface area contributed by atoms with Crippen molar-refractivity contribution >= 4 is 110 Å². The van der Waals surface area contributed by atoms with E-state index in [1.807, 2.05) is 11.3 Å². The van der Waals surface area contributed by atoms with Crippen LogP contribution in [0.15, 0.2) is 239 Å². The fourth-order valence-corrected chi connectivity index (χ4v) is 15.3. The molecule has 0 saturated carbocycles. The van der Waals surface area contributed by atoms with Gasteiger partial charge in [-0.15, -0.1) is 11.3 Å². The second kappa shape index (κ2) is 19.9. The van der Waals surface area contributed by atoms with Gasteiger partial charge in [-0.2, -0.15) is 0 Å². The first kappa shape index (κ1) is 55.4. The van der Waals surface area contributed by atoms with Crippen LogP contribution in [0.4, 0.5) is 34.1 Å². The zero-order chi connectivity index (χ0) is 60.8. The van der Waals surface area contributed by atoms with Crippen LogP contribution in [0.1, 0.15) is 128 Å². The maximum atomic E-state index is 7.70. The van der Waals surface area contributed by atoms with Crippen LogP contribution < -0.4 is 9.80 Å². The molecule has 434 valence electrons. The van der Waals surface area contributed by atoms with E-state index in [4.69, 9.17) is 8.83 Å². The summed E-state index contributed by atoms with van der Waals surface area (Å²) in [4.78, 5) is 5.00. The molecule has 14 aromatic rings. The Bertz CT molecular complexity index is 4810. The number of nitrogens with zero attached hydrogens (tertiary/aromatic N) is 2. The lowest BCUT2D eigenvalue weighted by atomic mass is 9.66. The van der Waals surface area contributed by atoms with Crippen LogP contribution in [0.5, 0.6) is 0 Å². The minimum absolute atomic E-state index is 0.0308. The van der Waals surface area contributed by atoms with Crippen LogP contribution >= 0.6 is 11.3 Å². The fourth-order valence-electron chi connectivity index (χ4n) is 14.1. The summed E-state index contributed by atoms with van der Waals surface area (Å²) in [5.41, 5.74) is 20.7. The zero-order valence-corrected chi connectivity index (χ0v) is 53.4. The minimum atomic E-state index is -0.974. The Hall–Kier alpha value is -9.16. The van der Waals surface area contributed by atoms with Crippen molar-refractivity contribution in [1.29, 1.82) is 0 Å². The Labute approximate surface area is 521 Å². The van der Waals surface area contributed by atoms with Gasteiger partial charge in [-0.1, -0.05) is 217 Å². The number of para-hydroxylation sites is 3. The summed E-state index contributed by atoms with van der Waals surface area (Å²) >= 11 is 1.89. The van der Waals surface area contributed by atoms with E-state index in [1.165, 1.54) is 53.6 Å². The van der Waals surface area contributed by atoms with E-state index in [1.54, 1.807) is 0 Å². The molecule has 1 atom stereocenters. The molecule has 5 heteroatoms. The Kier molecular flexibility index (Phi) is 12.6. The molecule has 0 spiro atoms. The highest BCUT2D eigenvalue weighted by atomic mass is 32.1. The van der Waals surface area contributed by atoms with E-state index in [9.17, 15) is 0 Å². The van der Waals surface area contributed by atoms with Crippen molar-refractivity contribution in [2.75, 3.05) is 9.80 Å². The van der Waals surface area contributed by atoms with Gasteiger partial charge in [-0.25, -0.2) is 0 Å². The summed E-state index contributed by atoms with van der Waals surface area (Å²) in [6.07, 6.45) is 0. The average Bonchev–Trinajstić information content (AvgIpc) is 1.53. The van der Waals surface area contributed by atoms with Crippen LogP contribution in [-0.4, -0.2) is 0 Å². The largest absolute Gasteiger partial charge is 0.456 e. The van der Waals surface area contributed by atoms with Crippen LogP contribution in [0.25, 0.3) is 75.2 Å². The highest BCUT2D eigenvalue weighted by molar-refractivity contribution is 7.26. The predicted molar refractivity (Wildman–Crippen MR) is 375 cm³/mol. The molecule has 0 bridgehead atoms. The lowest BCUT2D eigenvalue weighted by Crippen LogP contribution is -2.29. The standard InChI is InChI=1S/C83H74N2O2S/c1-79(2,3)51-31-33-54(34-32-51)83(56-40-46-71-64(48-56)63-47-55(82(10,11)12)39-45-70(63)86-71)65-49-67(84(57-23-15-13-16-24-57)59-41-35-52(36-42-59)80(4,5)6)73-61-27-19-21-29-69(61)87-77(73)75(65)76-66(83)50-68(74-62-28-20-22-30-72(62)88-78(74)76)85(58-25-17-14-18-26-58)60-43-37-53(38-44-60)81(7,8)9/h13-50H,1-12H3. The topological polar surface area (TPSA) is 32.8 Å². The summed E-state index contributed by atoms with van der Waals surface area (Å²) < 4.78 is 17.0. The molecule has 0 fully saturated rings. The number of anilines is 6. The van der Waals surface area contributed by atoms with E-state index in [2.05, 4.69) is 323 Å². The zero-order valence-electron chi connectivity index (χ0n) is 52.6. The molecule has 0 radical (unpaired) electrons. The number of benzene rings is 11. The molecule has 1 aliphatic carbocycles. The highest BCUT2D eigenvalue weighted by Crippen LogP contribution is 2.65. The van der Waals surface area contributed by atoms with Crippen molar-refractivity contribution in [2.45, 2.75) is 110 Å². The van der Waals surface area contributed by atoms with Gasteiger partial charge in [-0.3, -0.25) is 0 Å². The van der Waals surface area contributed by atoms with Crippen LogP contribution in [-0.2, 0) is 27.1 Å². The summed E-state index contributed by atoms with van der Waals surface area (Å²) in [5, 5.41) is 6.75. The molecule has 3 heterocycles. The van der Waals surface area contributed by atoms with Crippen LogP contribution in [0, 0.1) is 0 Å². The number of fused-ring (bicyclic) bond motifs is 14. The van der Waals surface area contributed by atoms with E-state index in [0.29, 0.717) is 0 Å². The van der Waals surface area contributed by atoms with Gasteiger partial charge in [0.25, 0.3) is 0 Å². The molecule has 0 N–H and O–H groups in total. The molecule has 1 aliphatic rings. The Morgan fingerprint density at radius 1 is 0.330 bits per heavy atom. The van der Waals surface area contributed by atoms with Crippen molar-refractivity contribution in [3.63, 3.8) is 0 Å². The smallest absolute Gasteiger partial charge is 0.145 e. The van der Waals surface area contributed by atoms with Crippen LogP contribution in [0.3, 0.4) is 0 Å². The monoisotopic (exact) mass is 1160 g/mol. The van der Waals surface area contributed by atoms with Gasteiger partial charge in [0.15, 0.2) is 0 Å². The molecule has 3 aromatic heterocycles. The fraction of sp³-hybridized carbons (Fsp3) is 0.205. The van der Waals surface area contributed by atoms with E-state index >= 15 is 0 Å². The molecule has 88 heavy (non-hydrogen) atoms.